The molecule has 0 unspecified atom stereocenters. The first-order valence-electron chi connectivity index (χ1n) is 6.78. The molecule has 0 aliphatic rings. The van der Waals surface area contributed by atoms with Crippen LogP contribution in [0.5, 0.6) is 11.6 Å². The Balaban J connectivity index is 2.00. The van der Waals surface area contributed by atoms with Gasteiger partial charge in [-0.2, -0.15) is 4.98 Å². The van der Waals surface area contributed by atoms with Gasteiger partial charge >= 0.3 is 0 Å². The molecule has 0 aliphatic heterocycles. The van der Waals surface area contributed by atoms with E-state index in [0.717, 1.165) is 23.3 Å². The van der Waals surface area contributed by atoms with E-state index < -0.39 is 0 Å². The number of nitrogens with zero attached hydrogens (tertiary/aromatic N) is 3. The minimum absolute atomic E-state index is 0.480. The van der Waals surface area contributed by atoms with Crippen molar-refractivity contribution in [3.63, 3.8) is 0 Å². The van der Waals surface area contributed by atoms with Crippen LogP contribution in [0.15, 0.2) is 47.3 Å². The van der Waals surface area contributed by atoms with Crippen LogP contribution >= 0.6 is 15.9 Å². The zero-order chi connectivity index (χ0) is 14.7. The average molecular weight is 347 g/mol. The van der Waals surface area contributed by atoms with E-state index in [1.54, 1.807) is 6.20 Å². The molecule has 0 spiro atoms. The molecule has 0 atom stereocenters. The fourth-order valence-electron chi connectivity index (χ4n) is 1.94. The quantitative estimate of drug-likeness (QED) is 0.755. The summed E-state index contributed by atoms with van der Waals surface area (Å²) in [6.45, 7) is 2.98. The molecule has 0 radical (unpaired) electrons. The van der Waals surface area contributed by atoms with Gasteiger partial charge in [0, 0.05) is 18.9 Å². The zero-order valence-corrected chi connectivity index (χ0v) is 13.2. The van der Waals surface area contributed by atoms with E-state index in [2.05, 4.69) is 38.1 Å². The molecule has 108 valence electrons. The lowest BCUT2D eigenvalue weighted by molar-refractivity contribution is 0.463. The molecule has 0 amide bonds. The summed E-state index contributed by atoms with van der Waals surface area (Å²) in [7, 11) is 0. The average Bonchev–Trinajstić information content (AvgIpc) is 2.96. The van der Waals surface area contributed by atoms with Crippen molar-refractivity contribution in [1.82, 2.24) is 14.4 Å². The third-order valence-electron chi connectivity index (χ3n) is 2.94. The summed E-state index contributed by atoms with van der Waals surface area (Å²) in [6.07, 6.45) is 6.55. The molecule has 3 rings (SSSR count). The van der Waals surface area contributed by atoms with Gasteiger partial charge in [0.05, 0.1) is 10.7 Å². The number of hydrogen-bond donors (Lipinski definition) is 1. The Bertz CT molecular complexity index is 756. The first kappa shape index (κ1) is 13.9. The Kier molecular flexibility index (Phi) is 4.06. The zero-order valence-electron chi connectivity index (χ0n) is 11.6. The molecule has 2 aromatic heterocycles. The number of anilines is 1. The smallest absolute Gasteiger partial charge is 0.265 e. The molecule has 0 saturated heterocycles. The number of aromatic nitrogens is 3. The topological polar surface area (TPSA) is 51.5 Å². The number of benzene rings is 1. The van der Waals surface area contributed by atoms with Crippen LogP contribution in [0.3, 0.4) is 0 Å². The Morgan fingerprint density at radius 3 is 3.00 bits per heavy atom. The van der Waals surface area contributed by atoms with Gasteiger partial charge in [-0.1, -0.05) is 19.1 Å². The number of hydrogen-bond acceptors (Lipinski definition) is 4. The third-order valence-corrected chi connectivity index (χ3v) is 3.60. The van der Waals surface area contributed by atoms with E-state index in [1.807, 2.05) is 41.1 Å². The first-order valence-corrected chi connectivity index (χ1v) is 7.57. The van der Waals surface area contributed by atoms with Gasteiger partial charge in [-0.05, 0) is 34.5 Å². The van der Waals surface area contributed by atoms with Crippen LogP contribution in [0.4, 0.5) is 5.82 Å². The molecule has 21 heavy (non-hydrogen) atoms. The normalized spacial score (nSPS) is 10.8. The number of rotatable bonds is 5. The van der Waals surface area contributed by atoms with Gasteiger partial charge in [-0.15, -0.1) is 0 Å². The van der Waals surface area contributed by atoms with Gasteiger partial charge in [-0.3, -0.25) is 4.40 Å². The van der Waals surface area contributed by atoms with E-state index in [-0.39, 0.29) is 0 Å². The van der Waals surface area contributed by atoms with E-state index in [9.17, 15) is 0 Å². The van der Waals surface area contributed by atoms with Gasteiger partial charge < -0.3 is 10.1 Å². The molecule has 2 heterocycles. The Morgan fingerprint density at radius 1 is 1.33 bits per heavy atom. The van der Waals surface area contributed by atoms with Crippen LogP contribution in [0.25, 0.3) is 5.65 Å². The summed E-state index contributed by atoms with van der Waals surface area (Å²) >= 11 is 3.47. The van der Waals surface area contributed by atoms with Gasteiger partial charge in [0.25, 0.3) is 5.88 Å². The highest BCUT2D eigenvalue weighted by Gasteiger charge is 2.11. The molecule has 5 nitrogen and oxygen atoms in total. The molecule has 6 heteroatoms. The number of nitrogens with one attached hydrogen (secondary N) is 1. The minimum Gasteiger partial charge on any atom is -0.435 e. The summed E-state index contributed by atoms with van der Waals surface area (Å²) in [5, 5.41) is 3.27. The predicted octanol–water partition coefficient (Wildman–Crippen LogP) is 4.11. The third kappa shape index (κ3) is 3.00. The van der Waals surface area contributed by atoms with Crippen LogP contribution in [0.1, 0.15) is 13.3 Å². The lowest BCUT2D eigenvalue weighted by Crippen LogP contribution is -2.05. The number of halogens is 1. The van der Waals surface area contributed by atoms with Crippen molar-refractivity contribution in [3.05, 3.63) is 47.3 Å². The Morgan fingerprint density at radius 2 is 2.19 bits per heavy atom. The lowest BCUT2D eigenvalue weighted by Gasteiger charge is -2.10. The van der Waals surface area contributed by atoms with Crippen LogP contribution in [-0.4, -0.2) is 20.9 Å². The maximum Gasteiger partial charge on any atom is 0.265 e. The summed E-state index contributed by atoms with van der Waals surface area (Å²) in [6, 6.07) is 7.67. The van der Waals surface area contributed by atoms with Crippen LogP contribution in [-0.2, 0) is 0 Å². The molecule has 3 aromatic rings. The molecule has 1 N–H and O–H groups in total. The summed E-state index contributed by atoms with van der Waals surface area (Å²) in [5.41, 5.74) is 0.688. The summed E-state index contributed by atoms with van der Waals surface area (Å²) in [4.78, 5) is 8.81. The maximum atomic E-state index is 5.92. The number of ether oxygens (including phenoxy) is 1. The largest absolute Gasteiger partial charge is 0.435 e. The fourth-order valence-corrected chi connectivity index (χ4v) is 2.31. The Hall–Kier alpha value is -2.08. The second-order valence-corrected chi connectivity index (χ2v) is 5.40. The maximum absolute atomic E-state index is 5.92. The summed E-state index contributed by atoms with van der Waals surface area (Å²) < 4.78 is 8.70. The molecule has 1 aromatic carbocycles. The van der Waals surface area contributed by atoms with Crippen LogP contribution in [0, 0.1) is 0 Å². The standard InChI is InChI=1S/C15H15BrN4O/c1-2-7-17-13-10-20-9-8-18-14(20)15(19-13)21-12-6-4-3-5-11(12)16/h3-6,8-10,17H,2,7H2,1H3. The van der Waals surface area contributed by atoms with Gasteiger partial charge in [0.2, 0.25) is 5.65 Å². The first-order chi connectivity index (χ1) is 10.3. The highest BCUT2D eigenvalue weighted by atomic mass is 79.9. The highest BCUT2D eigenvalue weighted by molar-refractivity contribution is 9.10. The second kappa shape index (κ2) is 6.13. The monoisotopic (exact) mass is 346 g/mol. The van der Waals surface area contributed by atoms with Gasteiger partial charge in [-0.25, -0.2) is 4.98 Å². The predicted molar refractivity (Wildman–Crippen MR) is 86.0 cm³/mol. The minimum atomic E-state index is 0.480. The van der Waals surface area contributed by atoms with Crippen molar-refractivity contribution >= 4 is 27.4 Å². The van der Waals surface area contributed by atoms with Gasteiger partial charge in [0.15, 0.2) is 0 Å². The summed E-state index contributed by atoms with van der Waals surface area (Å²) in [5.74, 6) is 1.96. The van der Waals surface area contributed by atoms with Crippen molar-refractivity contribution in [2.24, 2.45) is 0 Å². The number of para-hydroxylation sites is 1. The van der Waals surface area contributed by atoms with E-state index in [0.29, 0.717) is 17.3 Å². The van der Waals surface area contributed by atoms with Crippen molar-refractivity contribution < 1.29 is 4.74 Å². The van der Waals surface area contributed by atoms with Crippen molar-refractivity contribution in [2.75, 3.05) is 11.9 Å². The molecule has 0 bridgehead atoms. The molecule has 0 fully saturated rings. The molecular weight excluding hydrogens is 332 g/mol. The van der Waals surface area contributed by atoms with Crippen LogP contribution < -0.4 is 10.1 Å². The van der Waals surface area contributed by atoms with E-state index >= 15 is 0 Å². The highest BCUT2D eigenvalue weighted by Crippen LogP contribution is 2.30. The number of imidazole rings is 1. The molecule has 0 saturated carbocycles. The van der Waals surface area contributed by atoms with Crippen molar-refractivity contribution in [3.8, 4) is 11.6 Å². The molecule has 0 aliphatic carbocycles. The van der Waals surface area contributed by atoms with Gasteiger partial charge in [0.1, 0.15) is 11.6 Å². The lowest BCUT2D eigenvalue weighted by atomic mass is 10.3. The van der Waals surface area contributed by atoms with Crippen LogP contribution in [0.2, 0.25) is 0 Å². The SMILES string of the molecule is CCCNc1cn2ccnc2c(Oc2ccccc2Br)n1. The molecular formula is C15H15BrN4O. The number of fused-ring (bicyclic) bond motifs is 1. The fraction of sp³-hybridized carbons (Fsp3) is 0.200. The second-order valence-electron chi connectivity index (χ2n) is 4.55. The van der Waals surface area contributed by atoms with Crippen molar-refractivity contribution in [2.45, 2.75) is 13.3 Å². The Labute approximate surface area is 131 Å². The van der Waals surface area contributed by atoms with E-state index in [1.165, 1.54) is 0 Å². The van der Waals surface area contributed by atoms with E-state index in [4.69, 9.17) is 4.74 Å². The van der Waals surface area contributed by atoms with Crippen molar-refractivity contribution in [1.29, 1.82) is 0 Å².